The fourth-order valence-electron chi connectivity index (χ4n) is 2.16. The highest BCUT2D eigenvalue weighted by Gasteiger charge is 2.21. The number of rotatable bonds is 7. The predicted octanol–water partition coefficient (Wildman–Crippen LogP) is 2.68. The molecule has 2 rings (SSSR count). The second-order valence-corrected chi connectivity index (χ2v) is 7.64. The maximum atomic E-state index is 12.4. The lowest BCUT2D eigenvalue weighted by atomic mass is 10.1. The van der Waals surface area contributed by atoms with Gasteiger partial charge in [0.05, 0.1) is 11.8 Å². The molecule has 1 aromatic carbocycles. The van der Waals surface area contributed by atoms with Crippen LogP contribution in [0.5, 0.6) is 0 Å². The molecule has 8 heteroatoms. The Balaban J connectivity index is 1.89. The van der Waals surface area contributed by atoms with Crippen LogP contribution in [-0.2, 0) is 16.0 Å². The van der Waals surface area contributed by atoms with Crippen LogP contribution in [0, 0.1) is 0 Å². The Morgan fingerprint density at radius 1 is 1.38 bits per heavy atom. The lowest BCUT2D eigenvalue weighted by Gasteiger charge is -2.20. The summed E-state index contributed by atoms with van der Waals surface area (Å²) in [5.74, 6) is -0.325. The third-order valence-corrected chi connectivity index (χ3v) is 5.29. The predicted molar refractivity (Wildman–Crippen MR) is 97.3 cm³/mol. The number of thioether (sulfide) groups is 1. The number of carbonyl (C=O) groups is 2. The monoisotopic (exact) mass is 364 g/mol. The zero-order valence-electron chi connectivity index (χ0n) is 13.9. The molecule has 1 unspecified atom stereocenters. The Bertz CT molecular complexity index is 691. The highest BCUT2D eigenvalue weighted by molar-refractivity contribution is 8.02. The molecule has 0 aliphatic heterocycles. The summed E-state index contributed by atoms with van der Waals surface area (Å²) in [6.45, 7) is 3.85. The number of nitrogens with zero attached hydrogens (tertiary/aromatic N) is 3. The Hall–Kier alpha value is -1.93. The number of nitrogens with one attached hydrogen (secondary N) is 1. The SMILES string of the molecule is CCc1ccccc1NC(=O)CN(C)C(=O)C(C)Sc1nncs1. The molecule has 2 aromatic rings. The fourth-order valence-corrected chi connectivity index (χ4v) is 3.90. The summed E-state index contributed by atoms with van der Waals surface area (Å²) in [4.78, 5) is 26.0. The number of hydrogen-bond donors (Lipinski definition) is 1. The minimum Gasteiger partial charge on any atom is -0.335 e. The number of likely N-dealkylation sites (N-methyl/N-ethyl adjacent to an activating group) is 1. The first kappa shape index (κ1) is 18.4. The average Bonchev–Trinajstić information content (AvgIpc) is 3.07. The summed E-state index contributed by atoms with van der Waals surface area (Å²) in [6, 6.07) is 7.67. The van der Waals surface area contributed by atoms with E-state index in [0.717, 1.165) is 22.0 Å². The van der Waals surface area contributed by atoms with Crippen molar-refractivity contribution in [2.75, 3.05) is 18.9 Å². The van der Waals surface area contributed by atoms with Crippen molar-refractivity contribution in [1.29, 1.82) is 0 Å². The molecule has 0 saturated heterocycles. The number of para-hydroxylation sites is 1. The fraction of sp³-hybridized carbons (Fsp3) is 0.375. The van der Waals surface area contributed by atoms with Gasteiger partial charge in [0.25, 0.3) is 0 Å². The van der Waals surface area contributed by atoms with Crippen molar-refractivity contribution in [3.63, 3.8) is 0 Å². The molecular formula is C16H20N4O2S2. The maximum absolute atomic E-state index is 12.4. The van der Waals surface area contributed by atoms with Crippen LogP contribution in [0.2, 0.25) is 0 Å². The van der Waals surface area contributed by atoms with Gasteiger partial charge >= 0.3 is 0 Å². The topological polar surface area (TPSA) is 75.2 Å². The molecule has 24 heavy (non-hydrogen) atoms. The second kappa shape index (κ2) is 8.79. The van der Waals surface area contributed by atoms with Gasteiger partial charge in [-0.05, 0) is 25.0 Å². The first-order valence-electron chi connectivity index (χ1n) is 7.56. The summed E-state index contributed by atoms with van der Waals surface area (Å²) in [7, 11) is 1.63. The van der Waals surface area contributed by atoms with Gasteiger partial charge in [0.1, 0.15) is 5.51 Å². The molecular weight excluding hydrogens is 344 g/mol. The number of hydrogen-bond acceptors (Lipinski definition) is 6. The van der Waals surface area contributed by atoms with Crippen molar-refractivity contribution in [2.24, 2.45) is 0 Å². The van der Waals surface area contributed by atoms with Crippen molar-refractivity contribution >= 4 is 40.6 Å². The van der Waals surface area contributed by atoms with E-state index >= 15 is 0 Å². The number of aryl methyl sites for hydroxylation is 1. The van der Waals surface area contributed by atoms with Gasteiger partial charge in [0.15, 0.2) is 4.34 Å². The van der Waals surface area contributed by atoms with Gasteiger partial charge < -0.3 is 10.2 Å². The number of carbonyl (C=O) groups excluding carboxylic acids is 2. The van der Waals surface area contributed by atoms with Gasteiger partial charge in [-0.15, -0.1) is 10.2 Å². The summed E-state index contributed by atoms with van der Waals surface area (Å²) < 4.78 is 0.741. The van der Waals surface area contributed by atoms with E-state index in [0.29, 0.717) is 0 Å². The molecule has 0 spiro atoms. The molecule has 1 aromatic heterocycles. The van der Waals surface area contributed by atoms with E-state index in [4.69, 9.17) is 0 Å². The molecule has 0 aliphatic carbocycles. The van der Waals surface area contributed by atoms with Gasteiger partial charge in [0.2, 0.25) is 11.8 Å². The van der Waals surface area contributed by atoms with E-state index in [1.54, 1.807) is 19.5 Å². The molecule has 1 heterocycles. The molecule has 6 nitrogen and oxygen atoms in total. The van der Waals surface area contributed by atoms with Crippen LogP contribution in [-0.4, -0.2) is 45.8 Å². The van der Waals surface area contributed by atoms with Gasteiger partial charge in [-0.1, -0.05) is 48.2 Å². The normalized spacial score (nSPS) is 11.8. The average molecular weight is 364 g/mol. The molecule has 0 bridgehead atoms. The van der Waals surface area contributed by atoms with Crippen molar-refractivity contribution in [3.05, 3.63) is 35.3 Å². The van der Waals surface area contributed by atoms with E-state index < -0.39 is 0 Å². The first-order chi connectivity index (χ1) is 11.5. The summed E-state index contributed by atoms with van der Waals surface area (Å²) in [5, 5.41) is 10.2. The minimum absolute atomic E-state index is 0.0118. The Morgan fingerprint density at radius 3 is 2.79 bits per heavy atom. The molecule has 128 valence electrons. The van der Waals surface area contributed by atoms with E-state index in [-0.39, 0.29) is 23.6 Å². The van der Waals surface area contributed by atoms with Crippen LogP contribution in [0.25, 0.3) is 0 Å². The standard InChI is InChI=1S/C16H20N4O2S2/c1-4-12-7-5-6-8-13(12)18-14(21)9-20(3)15(22)11(2)24-16-19-17-10-23-16/h5-8,10-11H,4,9H2,1-3H3,(H,18,21). The molecule has 2 amide bonds. The first-order valence-corrected chi connectivity index (χ1v) is 9.32. The number of benzene rings is 1. The zero-order valence-corrected chi connectivity index (χ0v) is 15.5. The highest BCUT2D eigenvalue weighted by atomic mass is 32.2. The minimum atomic E-state index is -0.321. The van der Waals surface area contributed by atoms with Crippen LogP contribution in [0.3, 0.4) is 0 Å². The third-order valence-electron chi connectivity index (χ3n) is 3.39. The summed E-state index contributed by atoms with van der Waals surface area (Å²) >= 11 is 2.74. The van der Waals surface area contributed by atoms with Crippen LogP contribution < -0.4 is 5.32 Å². The number of amides is 2. The molecule has 0 saturated carbocycles. The van der Waals surface area contributed by atoms with Crippen molar-refractivity contribution in [1.82, 2.24) is 15.1 Å². The van der Waals surface area contributed by atoms with E-state index in [2.05, 4.69) is 15.5 Å². The Kier molecular flexibility index (Phi) is 6.74. The zero-order chi connectivity index (χ0) is 17.5. The molecule has 0 radical (unpaired) electrons. The van der Waals surface area contributed by atoms with E-state index in [9.17, 15) is 9.59 Å². The number of anilines is 1. The maximum Gasteiger partial charge on any atom is 0.243 e. The Morgan fingerprint density at radius 2 is 2.12 bits per heavy atom. The van der Waals surface area contributed by atoms with Gasteiger partial charge in [0, 0.05) is 12.7 Å². The smallest absolute Gasteiger partial charge is 0.243 e. The molecule has 1 atom stereocenters. The molecule has 0 fully saturated rings. The lowest BCUT2D eigenvalue weighted by Crippen LogP contribution is -2.39. The van der Waals surface area contributed by atoms with E-state index in [1.165, 1.54) is 28.0 Å². The van der Waals surface area contributed by atoms with Crippen LogP contribution >= 0.6 is 23.1 Å². The van der Waals surface area contributed by atoms with Crippen molar-refractivity contribution in [3.8, 4) is 0 Å². The molecule has 0 aliphatic rings. The molecule has 1 N–H and O–H groups in total. The van der Waals surface area contributed by atoms with Gasteiger partial charge in [-0.3, -0.25) is 9.59 Å². The highest BCUT2D eigenvalue weighted by Crippen LogP contribution is 2.25. The largest absolute Gasteiger partial charge is 0.335 e. The quantitative estimate of drug-likeness (QED) is 0.765. The third kappa shape index (κ3) is 5.04. The van der Waals surface area contributed by atoms with Gasteiger partial charge in [-0.2, -0.15) is 0 Å². The summed E-state index contributed by atoms with van der Waals surface area (Å²) in [6.07, 6.45) is 0.834. The van der Waals surface area contributed by atoms with E-state index in [1.807, 2.05) is 31.2 Å². The lowest BCUT2D eigenvalue weighted by molar-refractivity contribution is -0.132. The summed E-state index contributed by atoms with van der Waals surface area (Å²) in [5.41, 5.74) is 3.49. The second-order valence-electron chi connectivity index (χ2n) is 5.22. The Labute approximate surface area is 149 Å². The van der Waals surface area contributed by atoms with Gasteiger partial charge in [-0.25, -0.2) is 0 Å². The van der Waals surface area contributed by atoms with Crippen LogP contribution in [0.15, 0.2) is 34.1 Å². The van der Waals surface area contributed by atoms with Crippen LogP contribution in [0.1, 0.15) is 19.4 Å². The number of aromatic nitrogens is 2. The van der Waals surface area contributed by atoms with Crippen molar-refractivity contribution in [2.45, 2.75) is 29.9 Å². The van der Waals surface area contributed by atoms with Crippen LogP contribution in [0.4, 0.5) is 5.69 Å². The van der Waals surface area contributed by atoms with Crippen molar-refractivity contribution < 1.29 is 9.59 Å².